The lowest BCUT2D eigenvalue weighted by Crippen LogP contribution is -2.37. The highest BCUT2D eigenvalue weighted by Gasteiger charge is 2.62. The molecule has 146 valence electrons. The Morgan fingerprint density at radius 2 is 2.04 bits per heavy atom. The van der Waals surface area contributed by atoms with E-state index in [9.17, 15) is 14.7 Å². The van der Waals surface area contributed by atoms with E-state index in [0.29, 0.717) is 12.5 Å². The minimum atomic E-state index is -0.494. The van der Waals surface area contributed by atoms with Crippen LogP contribution in [0.3, 0.4) is 0 Å². The van der Waals surface area contributed by atoms with E-state index in [1.54, 1.807) is 4.90 Å². The van der Waals surface area contributed by atoms with Crippen molar-refractivity contribution in [1.82, 2.24) is 4.90 Å². The maximum Gasteiger partial charge on any atom is 0.414 e. The van der Waals surface area contributed by atoms with E-state index in [-0.39, 0.29) is 30.8 Å². The molecule has 0 bridgehead atoms. The van der Waals surface area contributed by atoms with Gasteiger partial charge >= 0.3 is 12.2 Å². The van der Waals surface area contributed by atoms with Crippen molar-refractivity contribution < 1.29 is 24.2 Å². The van der Waals surface area contributed by atoms with Gasteiger partial charge in [-0.3, -0.25) is 4.90 Å². The van der Waals surface area contributed by atoms with Crippen LogP contribution < -0.4 is 4.90 Å². The van der Waals surface area contributed by atoms with Gasteiger partial charge in [-0.25, -0.2) is 9.59 Å². The predicted molar refractivity (Wildman–Crippen MR) is 98.7 cm³/mol. The molecule has 2 unspecified atom stereocenters. The lowest BCUT2D eigenvalue weighted by molar-refractivity contribution is 0.0270. The van der Waals surface area contributed by atoms with Crippen LogP contribution in [0.15, 0.2) is 24.3 Å². The fraction of sp³-hybridized carbons (Fsp3) is 0.600. The van der Waals surface area contributed by atoms with Crippen LogP contribution in [0.25, 0.3) is 0 Å². The number of likely N-dealkylation sites (tertiary alicyclic amines) is 1. The first-order chi connectivity index (χ1) is 12.7. The van der Waals surface area contributed by atoms with E-state index < -0.39 is 11.7 Å². The van der Waals surface area contributed by atoms with Gasteiger partial charge in [0.1, 0.15) is 12.2 Å². The summed E-state index contributed by atoms with van der Waals surface area (Å²) in [6, 6.07) is 7.49. The van der Waals surface area contributed by atoms with Crippen molar-refractivity contribution in [3.63, 3.8) is 0 Å². The highest BCUT2D eigenvalue weighted by atomic mass is 16.6. The molecule has 3 atom stereocenters. The quantitative estimate of drug-likeness (QED) is 0.879. The number of aliphatic hydroxyl groups excluding tert-OH is 1. The minimum Gasteiger partial charge on any atom is -0.447 e. The van der Waals surface area contributed by atoms with Gasteiger partial charge < -0.3 is 19.5 Å². The molecular weight excluding hydrogens is 348 g/mol. The number of aliphatic hydroxyl groups is 1. The Bertz CT molecular complexity index is 757. The summed E-state index contributed by atoms with van der Waals surface area (Å²) in [7, 11) is 0. The van der Waals surface area contributed by atoms with Gasteiger partial charge in [-0.2, -0.15) is 0 Å². The second kappa shape index (κ2) is 6.12. The summed E-state index contributed by atoms with van der Waals surface area (Å²) in [6.07, 6.45) is 0.383. The van der Waals surface area contributed by atoms with Gasteiger partial charge in [-0.05, 0) is 50.8 Å². The van der Waals surface area contributed by atoms with Gasteiger partial charge in [-0.15, -0.1) is 0 Å². The predicted octanol–water partition coefficient (Wildman–Crippen LogP) is 2.51. The van der Waals surface area contributed by atoms with Crippen LogP contribution in [0.2, 0.25) is 0 Å². The largest absolute Gasteiger partial charge is 0.447 e. The molecule has 2 heterocycles. The van der Waals surface area contributed by atoms with Crippen molar-refractivity contribution in [2.75, 3.05) is 31.2 Å². The third-order valence-electron chi connectivity index (χ3n) is 5.69. The Labute approximate surface area is 158 Å². The Hall–Kier alpha value is -2.28. The first-order valence-electron chi connectivity index (χ1n) is 9.39. The lowest BCUT2D eigenvalue weighted by Gasteiger charge is -2.26. The monoisotopic (exact) mass is 374 g/mol. The molecule has 0 spiro atoms. The molecule has 2 saturated heterocycles. The standard InChI is InChI=1S/C20H26N2O5/c1-19(2,3)27-17(24)21-9-14-8-20(14,12-21)13-4-6-15(7-5-13)22-16(10-23)11-26-18(22)25/h4-7,14,16,23H,8-12H2,1-3H3/t14?,16-,20?/m1/s1. The molecule has 1 aromatic carbocycles. The number of rotatable bonds is 3. The SMILES string of the molecule is CC(C)(C)OC(=O)N1CC2CC2(c2ccc(N3C(=O)OC[C@H]3CO)cc2)C1. The zero-order chi connectivity index (χ0) is 19.4. The van der Waals surface area contributed by atoms with Crippen molar-refractivity contribution in [2.24, 2.45) is 5.92 Å². The Balaban J connectivity index is 1.47. The van der Waals surface area contributed by atoms with Crippen molar-refractivity contribution in [3.05, 3.63) is 29.8 Å². The van der Waals surface area contributed by atoms with Crippen LogP contribution >= 0.6 is 0 Å². The molecule has 2 amide bonds. The molecule has 3 aliphatic rings. The highest BCUT2D eigenvalue weighted by molar-refractivity contribution is 5.90. The van der Waals surface area contributed by atoms with E-state index >= 15 is 0 Å². The van der Waals surface area contributed by atoms with E-state index in [1.165, 1.54) is 10.5 Å². The van der Waals surface area contributed by atoms with Crippen LogP contribution in [-0.4, -0.2) is 60.1 Å². The fourth-order valence-electron chi connectivity index (χ4n) is 4.26. The van der Waals surface area contributed by atoms with Crippen LogP contribution in [0.5, 0.6) is 0 Å². The van der Waals surface area contributed by atoms with Gasteiger partial charge in [0.2, 0.25) is 0 Å². The van der Waals surface area contributed by atoms with Gasteiger partial charge in [0.25, 0.3) is 0 Å². The van der Waals surface area contributed by atoms with Crippen LogP contribution in [0.4, 0.5) is 15.3 Å². The fourth-order valence-corrected chi connectivity index (χ4v) is 4.26. The lowest BCUT2D eigenvalue weighted by atomic mass is 9.94. The van der Waals surface area contributed by atoms with Gasteiger partial charge in [0.05, 0.1) is 12.6 Å². The molecule has 1 N–H and O–H groups in total. The van der Waals surface area contributed by atoms with E-state index in [1.807, 2.05) is 45.0 Å². The molecule has 4 rings (SSSR count). The molecule has 7 nitrogen and oxygen atoms in total. The molecule has 7 heteroatoms. The second-order valence-electron chi connectivity index (χ2n) is 8.75. The molecule has 0 aromatic heterocycles. The van der Waals surface area contributed by atoms with Crippen LogP contribution in [0, 0.1) is 5.92 Å². The number of benzene rings is 1. The maximum atomic E-state index is 12.4. The molecule has 1 aliphatic carbocycles. The van der Waals surface area contributed by atoms with Crippen LogP contribution in [0.1, 0.15) is 32.8 Å². The number of nitrogens with zero attached hydrogens (tertiary/aromatic N) is 2. The zero-order valence-corrected chi connectivity index (χ0v) is 16.0. The van der Waals surface area contributed by atoms with Crippen molar-refractivity contribution >= 4 is 17.9 Å². The maximum absolute atomic E-state index is 12.4. The van der Waals surface area contributed by atoms with Gasteiger partial charge in [0.15, 0.2) is 0 Å². The number of hydrogen-bond acceptors (Lipinski definition) is 5. The summed E-state index contributed by atoms with van der Waals surface area (Å²) in [5, 5.41) is 9.43. The number of fused-ring (bicyclic) bond motifs is 1. The first-order valence-corrected chi connectivity index (χ1v) is 9.39. The molecular formula is C20H26N2O5. The number of carbonyl (C=O) groups is 2. The molecule has 0 radical (unpaired) electrons. The molecule has 1 saturated carbocycles. The summed E-state index contributed by atoms with van der Waals surface area (Å²) >= 11 is 0. The molecule has 27 heavy (non-hydrogen) atoms. The first kappa shape index (κ1) is 18.1. The Kier molecular flexibility index (Phi) is 4.10. The summed E-state index contributed by atoms with van der Waals surface area (Å²) in [5.74, 6) is 0.456. The van der Waals surface area contributed by atoms with E-state index in [4.69, 9.17) is 9.47 Å². The number of ether oxygens (including phenoxy) is 2. The summed E-state index contributed by atoms with van der Waals surface area (Å²) in [6.45, 7) is 7.08. The smallest absolute Gasteiger partial charge is 0.414 e. The molecule has 1 aromatic rings. The van der Waals surface area contributed by atoms with Crippen molar-refractivity contribution in [3.8, 4) is 0 Å². The summed E-state index contributed by atoms with van der Waals surface area (Å²) < 4.78 is 10.5. The van der Waals surface area contributed by atoms with Gasteiger partial charge in [-0.1, -0.05) is 12.1 Å². The topological polar surface area (TPSA) is 79.3 Å². The normalized spacial score (nSPS) is 29.6. The zero-order valence-electron chi connectivity index (χ0n) is 16.0. The number of carbonyl (C=O) groups excluding carboxylic acids is 2. The third kappa shape index (κ3) is 3.14. The molecule has 2 aliphatic heterocycles. The number of cyclic esters (lactones) is 1. The summed E-state index contributed by atoms with van der Waals surface area (Å²) in [5.41, 5.74) is 1.40. The number of amides is 2. The molecule has 3 fully saturated rings. The third-order valence-corrected chi connectivity index (χ3v) is 5.69. The number of anilines is 1. The Morgan fingerprint density at radius 3 is 2.67 bits per heavy atom. The summed E-state index contributed by atoms with van der Waals surface area (Å²) in [4.78, 5) is 27.6. The average molecular weight is 374 g/mol. The highest BCUT2D eigenvalue weighted by Crippen LogP contribution is 2.59. The van der Waals surface area contributed by atoms with Crippen molar-refractivity contribution in [1.29, 1.82) is 0 Å². The average Bonchev–Trinajstić information content (AvgIpc) is 2.97. The Morgan fingerprint density at radius 1 is 1.33 bits per heavy atom. The second-order valence-corrected chi connectivity index (χ2v) is 8.75. The number of piperidine rings is 1. The van der Waals surface area contributed by atoms with Crippen LogP contribution in [-0.2, 0) is 14.9 Å². The van der Waals surface area contributed by atoms with E-state index in [2.05, 4.69) is 0 Å². The minimum absolute atomic E-state index is 0.00265. The van der Waals surface area contributed by atoms with Crippen molar-refractivity contribution in [2.45, 2.75) is 44.2 Å². The number of hydrogen-bond donors (Lipinski definition) is 1. The van der Waals surface area contributed by atoms with E-state index in [0.717, 1.165) is 18.7 Å². The van der Waals surface area contributed by atoms with Gasteiger partial charge in [0, 0.05) is 24.2 Å².